The summed E-state index contributed by atoms with van der Waals surface area (Å²) in [6, 6.07) is 49.6. The van der Waals surface area contributed by atoms with E-state index in [4.69, 9.17) is 15.0 Å². The van der Waals surface area contributed by atoms with Gasteiger partial charge in [0.2, 0.25) is 0 Å². The monoisotopic (exact) mass is 603 g/mol. The SMILES string of the molecule is CC1(C)c2ccccc2-c2c1cc1c(c2-c2cccc(-c3nc(-c4ccccc4)nc(-c4ccccc4)n3)c2)CCc2ccccc2-1. The highest BCUT2D eigenvalue weighted by molar-refractivity contribution is 5.99. The van der Waals surface area contributed by atoms with Gasteiger partial charge in [0.05, 0.1) is 0 Å². The van der Waals surface area contributed by atoms with Gasteiger partial charge in [-0.3, -0.25) is 0 Å². The minimum absolute atomic E-state index is 0.108. The first-order valence-corrected chi connectivity index (χ1v) is 16.4. The predicted molar refractivity (Wildman–Crippen MR) is 192 cm³/mol. The van der Waals surface area contributed by atoms with Crippen molar-refractivity contribution < 1.29 is 0 Å². The summed E-state index contributed by atoms with van der Waals surface area (Å²) in [5.74, 6) is 2.02. The Morgan fingerprint density at radius 1 is 0.426 bits per heavy atom. The summed E-state index contributed by atoms with van der Waals surface area (Å²) in [5.41, 5.74) is 16.4. The molecule has 0 amide bonds. The van der Waals surface area contributed by atoms with Gasteiger partial charge in [-0.1, -0.05) is 141 Å². The maximum atomic E-state index is 5.06. The normalized spacial score (nSPS) is 13.7. The van der Waals surface area contributed by atoms with E-state index in [9.17, 15) is 0 Å². The maximum Gasteiger partial charge on any atom is 0.164 e. The molecule has 2 aliphatic rings. The molecule has 2 aliphatic carbocycles. The summed E-state index contributed by atoms with van der Waals surface area (Å²) in [5, 5.41) is 0. The van der Waals surface area contributed by atoms with Crippen LogP contribution in [0, 0.1) is 0 Å². The Hall–Kier alpha value is -5.67. The second-order valence-corrected chi connectivity index (χ2v) is 13.1. The van der Waals surface area contributed by atoms with Gasteiger partial charge in [0.1, 0.15) is 0 Å². The molecule has 0 aliphatic heterocycles. The molecule has 1 heterocycles. The van der Waals surface area contributed by atoms with E-state index >= 15 is 0 Å². The number of nitrogens with zero attached hydrogens (tertiary/aromatic N) is 3. The third-order valence-electron chi connectivity index (χ3n) is 10.0. The maximum absolute atomic E-state index is 5.06. The summed E-state index contributed by atoms with van der Waals surface area (Å²) in [6.45, 7) is 4.75. The molecule has 0 saturated heterocycles. The predicted octanol–water partition coefficient (Wildman–Crippen LogP) is 10.6. The highest BCUT2D eigenvalue weighted by Gasteiger charge is 2.39. The van der Waals surface area contributed by atoms with E-state index in [1.54, 1.807) is 0 Å². The number of benzene rings is 6. The third kappa shape index (κ3) is 4.45. The van der Waals surface area contributed by atoms with E-state index in [1.807, 2.05) is 36.4 Å². The topological polar surface area (TPSA) is 38.7 Å². The van der Waals surface area contributed by atoms with Crippen molar-refractivity contribution in [2.75, 3.05) is 0 Å². The van der Waals surface area contributed by atoms with Gasteiger partial charge in [0.15, 0.2) is 17.5 Å². The third-order valence-corrected chi connectivity index (χ3v) is 10.0. The molecule has 0 radical (unpaired) electrons. The molecule has 3 nitrogen and oxygen atoms in total. The van der Waals surface area contributed by atoms with E-state index < -0.39 is 0 Å². The average molecular weight is 604 g/mol. The molecule has 6 aromatic carbocycles. The molecular formula is C44H33N3. The molecule has 0 N–H and O–H groups in total. The molecule has 9 rings (SSSR count). The largest absolute Gasteiger partial charge is 0.208 e. The summed E-state index contributed by atoms with van der Waals surface area (Å²) in [7, 11) is 0. The van der Waals surface area contributed by atoms with Crippen LogP contribution in [0.1, 0.15) is 36.1 Å². The minimum Gasteiger partial charge on any atom is -0.208 e. The Morgan fingerprint density at radius 2 is 0.979 bits per heavy atom. The molecule has 0 unspecified atom stereocenters. The molecule has 1 aromatic heterocycles. The summed E-state index contributed by atoms with van der Waals surface area (Å²) >= 11 is 0. The lowest BCUT2D eigenvalue weighted by atomic mass is 9.75. The lowest BCUT2D eigenvalue weighted by Gasteiger charge is -2.28. The fourth-order valence-corrected chi connectivity index (χ4v) is 7.72. The van der Waals surface area contributed by atoms with Crippen LogP contribution in [-0.2, 0) is 18.3 Å². The molecule has 0 saturated carbocycles. The van der Waals surface area contributed by atoms with Gasteiger partial charge in [-0.2, -0.15) is 0 Å². The van der Waals surface area contributed by atoms with Crippen molar-refractivity contribution in [3.8, 4) is 67.5 Å². The number of hydrogen-bond donors (Lipinski definition) is 0. The van der Waals surface area contributed by atoms with Gasteiger partial charge in [-0.25, -0.2) is 15.0 Å². The van der Waals surface area contributed by atoms with Gasteiger partial charge in [0.25, 0.3) is 0 Å². The van der Waals surface area contributed by atoms with Crippen LogP contribution in [0.3, 0.4) is 0 Å². The van der Waals surface area contributed by atoms with Crippen molar-refractivity contribution in [2.24, 2.45) is 0 Å². The zero-order valence-electron chi connectivity index (χ0n) is 26.5. The summed E-state index contributed by atoms with van der Waals surface area (Å²) in [4.78, 5) is 15.0. The first-order valence-electron chi connectivity index (χ1n) is 16.4. The molecule has 0 fully saturated rings. The molecule has 0 atom stereocenters. The Bertz CT molecular complexity index is 2260. The summed E-state index contributed by atoms with van der Waals surface area (Å²) < 4.78 is 0. The van der Waals surface area contributed by atoms with Crippen LogP contribution in [-0.4, -0.2) is 15.0 Å². The van der Waals surface area contributed by atoms with Crippen molar-refractivity contribution in [1.82, 2.24) is 15.0 Å². The zero-order valence-corrected chi connectivity index (χ0v) is 26.5. The first kappa shape index (κ1) is 27.6. The Kier molecular flexibility index (Phi) is 6.29. The highest BCUT2D eigenvalue weighted by Crippen LogP contribution is 2.56. The second-order valence-electron chi connectivity index (χ2n) is 13.1. The van der Waals surface area contributed by atoms with E-state index in [-0.39, 0.29) is 5.41 Å². The lowest BCUT2D eigenvalue weighted by Crippen LogP contribution is -2.16. The molecule has 0 bridgehead atoms. The minimum atomic E-state index is -0.108. The Balaban J connectivity index is 1.29. The van der Waals surface area contributed by atoms with Crippen LogP contribution in [0.5, 0.6) is 0 Å². The zero-order chi connectivity index (χ0) is 31.5. The van der Waals surface area contributed by atoms with Crippen LogP contribution >= 0.6 is 0 Å². The van der Waals surface area contributed by atoms with Crippen LogP contribution in [0.25, 0.3) is 67.5 Å². The van der Waals surface area contributed by atoms with Crippen molar-refractivity contribution in [3.05, 3.63) is 162 Å². The second kappa shape index (κ2) is 10.7. The number of rotatable bonds is 4. The standard InChI is InChI=1S/C44H33N3/c1-44(2)37-23-12-11-22-35(37)40-38(44)27-36-33-21-10-9-14-28(33)24-25-34(36)39(40)31-19-13-20-32(26-31)43-46-41(29-15-5-3-6-16-29)45-42(47-43)30-17-7-4-8-18-30/h3-23,26-27H,24-25H2,1-2H3. The van der Waals surface area contributed by atoms with E-state index in [0.29, 0.717) is 17.5 Å². The van der Waals surface area contributed by atoms with Crippen LogP contribution in [0.4, 0.5) is 0 Å². The highest BCUT2D eigenvalue weighted by atomic mass is 15.0. The number of aromatic nitrogens is 3. The quantitative estimate of drug-likeness (QED) is 0.201. The molecule has 224 valence electrons. The first-order chi connectivity index (χ1) is 23.1. The number of aryl methyl sites for hydroxylation is 1. The van der Waals surface area contributed by atoms with Crippen LogP contribution in [0.2, 0.25) is 0 Å². The Morgan fingerprint density at radius 3 is 1.68 bits per heavy atom. The van der Waals surface area contributed by atoms with Gasteiger partial charge in [-0.05, 0) is 80.6 Å². The van der Waals surface area contributed by atoms with Gasteiger partial charge >= 0.3 is 0 Å². The van der Waals surface area contributed by atoms with Crippen molar-refractivity contribution in [2.45, 2.75) is 32.1 Å². The molecular weight excluding hydrogens is 571 g/mol. The number of fused-ring (bicyclic) bond motifs is 6. The van der Waals surface area contributed by atoms with Gasteiger partial charge in [-0.15, -0.1) is 0 Å². The van der Waals surface area contributed by atoms with Crippen LogP contribution in [0.15, 0.2) is 140 Å². The fraction of sp³-hybridized carbons (Fsp3) is 0.114. The molecule has 0 spiro atoms. The Labute approximate surface area is 275 Å². The molecule has 47 heavy (non-hydrogen) atoms. The van der Waals surface area contributed by atoms with Crippen molar-refractivity contribution in [3.63, 3.8) is 0 Å². The van der Waals surface area contributed by atoms with Crippen LogP contribution < -0.4 is 0 Å². The van der Waals surface area contributed by atoms with E-state index in [1.165, 1.54) is 55.6 Å². The van der Waals surface area contributed by atoms with E-state index in [0.717, 1.165) is 29.5 Å². The van der Waals surface area contributed by atoms with E-state index in [2.05, 4.69) is 117 Å². The summed E-state index contributed by atoms with van der Waals surface area (Å²) in [6.07, 6.45) is 2.04. The smallest absolute Gasteiger partial charge is 0.164 e. The van der Waals surface area contributed by atoms with Gasteiger partial charge in [0, 0.05) is 22.1 Å². The van der Waals surface area contributed by atoms with Crippen molar-refractivity contribution >= 4 is 0 Å². The fourth-order valence-electron chi connectivity index (χ4n) is 7.72. The number of hydrogen-bond acceptors (Lipinski definition) is 3. The van der Waals surface area contributed by atoms with Gasteiger partial charge < -0.3 is 0 Å². The molecule has 7 aromatic rings. The van der Waals surface area contributed by atoms with Crippen molar-refractivity contribution in [1.29, 1.82) is 0 Å². The molecule has 3 heteroatoms. The average Bonchev–Trinajstić information content (AvgIpc) is 3.37. The lowest BCUT2D eigenvalue weighted by molar-refractivity contribution is 0.660.